The summed E-state index contributed by atoms with van der Waals surface area (Å²) in [4.78, 5) is 42.3. The van der Waals surface area contributed by atoms with Crippen molar-refractivity contribution in [1.29, 1.82) is 0 Å². The SMILES string of the molecule is NC(=O)c1cc(-c2csc(NC(=O)CCCNC(=O)c3ccc(Cl)cc3)n2)c[nH]1. The number of primary amides is 1. The van der Waals surface area contributed by atoms with Crippen molar-refractivity contribution in [2.45, 2.75) is 12.8 Å². The van der Waals surface area contributed by atoms with Gasteiger partial charge in [0.05, 0.1) is 5.69 Å². The minimum absolute atomic E-state index is 0.196. The minimum Gasteiger partial charge on any atom is -0.364 e. The van der Waals surface area contributed by atoms with Gasteiger partial charge in [-0.3, -0.25) is 14.4 Å². The van der Waals surface area contributed by atoms with Crippen LogP contribution in [-0.4, -0.2) is 34.2 Å². The zero-order valence-electron chi connectivity index (χ0n) is 15.2. The number of aromatic nitrogens is 2. The molecule has 150 valence electrons. The maximum absolute atomic E-state index is 12.1. The number of H-pyrrole nitrogens is 1. The van der Waals surface area contributed by atoms with Crippen molar-refractivity contribution >= 4 is 45.8 Å². The molecule has 0 fully saturated rings. The number of nitrogens with one attached hydrogen (secondary N) is 3. The first-order chi connectivity index (χ1) is 13.9. The van der Waals surface area contributed by atoms with Crippen LogP contribution in [0.4, 0.5) is 5.13 Å². The summed E-state index contributed by atoms with van der Waals surface area (Å²) in [7, 11) is 0. The van der Waals surface area contributed by atoms with Gasteiger partial charge in [0.2, 0.25) is 5.91 Å². The molecule has 2 aromatic heterocycles. The molecule has 0 spiro atoms. The molecule has 0 saturated heterocycles. The summed E-state index contributed by atoms with van der Waals surface area (Å²) < 4.78 is 0. The second-order valence-corrected chi connectivity index (χ2v) is 7.41. The van der Waals surface area contributed by atoms with Crippen LogP contribution in [0.2, 0.25) is 5.02 Å². The molecule has 0 aliphatic rings. The lowest BCUT2D eigenvalue weighted by Gasteiger charge is -2.05. The van der Waals surface area contributed by atoms with Gasteiger partial charge in [-0.1, -0.05) is 11.6 Å². The Hall–Kier alpha value is -3.17. The summed E-state index contributed by atoms with van der Waals surface area (Å²) >= 11 is 7.07. The number of carbonyl (C=O) groups excluding carboxylic acids is 3. The monoisotopic (exact) mass is 431 g/mol. The Morgan fingerprint density at radius 3 is 2.66 bits per heavy atom. The van der Waals surface area contributed by atoms with Crippen molar-refractivity contribution < 1.29 is 14.4 Å². The molecule has 3 amide bonds. The Morgan fingerprint density at radius 1 is 1.21 bits per heavy atom. The van der Waals surface area contributed by atoms with E-state index in [1.165, 1.54) is 11.3 Å². The highest BCUT2D eigenvalue weighted by Crippen LogP contribution is 2.25. The molecule has 3 rings (SSSR count). The summed E-state index contributed by atoms with van der Waals surface area (Å²) in [5, 5.41) is 8.28. The second-order valence-electron chi connectivity index (χ2n) is 6.12. The van der Waals surface area contributed by atoms with Crippen molar-refractivity contribution in [3.05, 3.63) is 58.2 Å². The molecule has 0 aliphatic carbocycles. The van der Waals surface area contributed by atoms with Gasteiger partial charge in [-0.15, -0.1) is 11.3 Å². The van der Waals surface area contributed by atoms with Crippen LogP contribution in [0.1, 0.15) is 33.7 Å². The van der Waals surface area contributed by atoms with Crippen LogP contribution in [-0.2, 0) is 4.79 Å². The first kappa shape index (κ1) is 20.6. The smallest absolute Gasteiger partial charge is 0.265 e. The van der Waals surface area contributed by atoms with Gasteiger partial charge in [0.1, 0.15) is 5.69 Å². The van der Waals surface area contributed by atoms with Crippen molar-refractivity contribution in [3.8, 4) is 11.3 Å². The Bertz CT molecular complexity index is 1030. The molecule has 0 unspecified atom stereocenters. The van der Waals surface area contributed by atoms with Crippen molar-refractivity contribution in [2.75, 3.05) is 11.9 Å². The molecule has 5 N–H and O–H groups in total. The number of carbonyl (C=O) groups is 3. The zero-order valence-corrected chi connectivity index (χ0v) is 16.8. The van der Waals surface area contributed by atoms with E-state index in [1.54, 1.807) is 41.9 Å². The number of thiazole rings is 1. The number of hydrogen-bond donors (Lipinski definition) is 4. The Balaban J connectivity index is 1.42. The maximum atomic E-state index is 12.1. The first-order valence-corrected chi connectivity index (χ1v) is 9.96. The number of benzene rings is 1. The summed E-state index contributed by atoms with van der Waals surface area (Å²) in [5.41, 5.74) is 7.36. The largest absolute Gasteiger partial charge is 0.364 e. The lowest BCUT2D eigenvalue weighted by molar-refractivity contribution is -0.116. The van der Waals surface area contributed by atoms with Gasteiger partial charge in [-0.2, -0.15) is 0 Å². The van der Waals surface area contributed by atoms with E-state index >= 15 is 0 Å². The quantitative estimate of drug-likeness (QED) is 0.408. The van der Waals surface area contributed by atoms with Gasteiger partial charge in [0, 0.05) is 40.7 Å². The van der Waals surface area contributed by atoms with Crippen LogP contribution in [0.25, 0.3) is 11.3 Å². The highest BCUT2D eigenvalue weighted by molar-refractivity contribution is 7.14. The molecule has 0 saturated carbocycles. The fraction of sp³-hybridized carbons (Fsp3) is 0.158. The van der Waals surface area contributed by atoms with E-state index in [0.29, 0.717) is 45.6 Å². The molecule has 0 atom stereocenters. The minimum atomic E-state index is -0.553. The third-order valence-corrected chi connectivity index (χ3v) is 4.98. The number of anilines is 1. The Labute approximate surface area is 175 Å². The van der Waals surface area contributed by atoms with Gasteiger partial charge >= 0.3 is 0 Å². The summed E-state index contributed by atoms with van der Waals surface area (Å²) in [6.45, 7) is 0.372. The van der Waals surface area contributed by atoms with Gasteiger partial charge in [-0.05, 0) is 36.8 Å². The molecular formula is C19H18ClN5O3S. The summed E-state index contributed by atoms with van der Waals surface area (Å²) in [6, 6.07) is 8.18. The number of aromatic amines is 1. The van der Waals surface area contributed by atoms with Crippen molar-refractivity contribution in [2.24, 2.45) is 5.73 Å². The lowest BCUT2D eigenvalue weighted by atomic mass is 10.2. The highest BCUT2D eigenvalue weighted by Gasteiger charge is 2.11. The molecule has 8 nitrogen and oxygen atoms in total. The number of hydrogen-bond acceptors (Lipinski definition) is 5. The first-order valence-electron chi connectivity index (χ1n) is 8.70. The number of nitrogens with two attached hydrogens (primary N) is 1. The van der Waals surface area contributed by atoms with E-state index in [-0.39, 0.29) is 18.2 Å². The topological polar surface area (TPSA) is 130 Å². The van der Waals surface area contributed by atoms with E-state index in [4.69, 9.17) is 17.3 Å². The van der Waals surface area contributed by atoms with Crippen LogP contribution in [0.5, 0.6) is 0 Å². The second kappa shape index (κ2) is 9.35. The average molecular weight is 432 g/mol. The fourth-order valence-electron chi connectivity index (χ4n) is 2.48. The molecule has 0 radical (unpaired) electrons. The number of halogens is 1. The summed E-state index contributed by atoms with van der Waals surface area (Å²) in [6.07, 6.45) is 2.36. The van der Waals surface area contributed by atoms with Crippen LogP contribution >= 0.6 is 22.9 Å². The maximum Gasteiger partial charge on any atom is 0.265 e. The molecule has 3 aromatic rings. The summed E-state index contributed by atoms with van der Waals surface area (Å²) in [5.74, 6) is -0.963. The predicted octanol–water partition coefficient (Wildman–Crippen LogP) is 3.04. The predicted molar refractivity (Wildman–Crippen MR) is 112 cm³/mol. The number of nitrogens with zero attached hydrogens (tertiary/aromatic N) is 1. The molecular weight excluding hydrogens is 414 g/mol. The van der Waals surface area contributed by atoms with Gasteiger partial charge in [0.15, 0.2) is 5.13 Å². The van der Waals surface area contributed by atoms with Crippen molar-refractivity contribution in [3.63, 3.8) is 0 Å². The third kappa shape index (κ3) is 5.66. The lowest BCUT2D eigenvalue weighted by Crippen LogP contribution is -2.25. The zero-order chi connectivity index (χ0) is 20.8. The number of amides is 3. The molecule has 2 heterocycles. The molecule has 29 heavy (non-hydrogen) atoms. The van der Waals surface area contributed by atoms with E-state index in [2.05, 4.69) is 20.6 Å². The molecule has 10 heteroatoms. The molecule has 0 bridgehead atoms. The van der Waals surface area contributed by atoms with E-state index in [9.17, 15) is 14.4 Å². The third-order valence-electron chi connectivity index (χ3n) is 3.97. The Kier molecular flexibility index (Phi) is 6.63. The van der Waals surface area contributed by atoms with Crippen LogP contribution in [0.15, 0.2) is 41.9 Å². The van der Waals surface area contributed by atoms with Crippen LogP contribution < -0.4 is 16.4 Å². The molecule has 1 aromatic carbocycles. The van der Waals surface area contributed by atoms with E-state index < -0.39 is 5.91 Å². The van der Waals surface area contributed by atoms with Gasteiger partial charge in [-0.25, -0.2) is 4.98 Å². The normalized spacial score (nSPS) is 10.5. The van der Waals surface area contributed by atoms with Gasteiger partial charge in [0.25, 0.3) is 11.8 Å². The van der Waals surface area contributed by atoms with E-state index in [0.717, 1.165) is 0 Å². The van der Waals surface area contributed by atoms with Crippen molar-refractivity contribution in [1.82, 2.24) is 15.3 Å². The fourth-order valence-corrected chi connectivity index (χ4v) is 3.35. The highest BCUT2D eigenvalue weighted by atomic mass is 35.5. The van der Waals surface area contributed by atoms with Crippen LogP contribution in [0.3, 0.4) is 0 Å². The Morgan fingerprint density at radius 2 is 1.97 bits per heavy atom. The standard InChI is InChI=1S/C19H18ClN5O3S/c20-13-5-3-11(4-6-13)18(28)22-7-1-2-16(26)25-19-24-15(10-29-19)12-8-14(17(21)27)23-9-12/h3-6,8-10,23H,1-2,7H2,(H2,21,27)(H,22,28)(H,24,25,26). The molecule has 0 aliphatic heterocycles. The average Bonchev–Trinajstić information content (AvgIpc) is 3.35. The number of rotatable bonds is 8. The van der Waals surface area contributed by atoms with Crippen LogP contribution in [0, 0.1) is 0 Å². The van der Waals surface area contributed by atoms with Gasteiger partial charge < -0.3 is 21.4 Å². The van der Waals surface area contributed by atoms with E-state index in [1.807, 2.05) is 0 Å².